The number of carbonyl (C=O) groups excluding carboxylic acids is 2. The number of benzene rings is 2. The molecule has 2 aromatic carbocycles. The molecular weight excluding hydrogens is 314 g/mol. The Morgan fingerprint density at radius 3 is 2.25 bits per heavy atom. The fourth-order valence-corrected chi connectivity index (χ4v) is 2.24. The molecule has 0 aliphatic rings. The van der Waals surface area contributed by atoms with Crippen LogP contribution in [-0.2, 0) is 11.2 Å². The van der Waals surface area contributed by atoms with Crippen LogP contribution < -0.4 is 10.6 Å². The van der Waals surface area contributed by atoms with Gasteiger partial charge in [-0.25, -0.2) is 8.78 Å². The summed E-state index contributed by atoms with van der Waals surface area (Å²) in [7, 11) is 1.40. The van der Waals surface area contributed by atoms with Gasteiger partial charge in [0.1, 0.15) is 6.04 Å². The SMILES string of the molecule is CCc1ccc(C(=O)NC(C(=O)NC)c2ccc(F)c(F)c2)cc1. The number of carbonyl (C=O) groups is 2. The second kappa shape index (κ2) is 7.68. The van der Waals surface area contributed by atoms with Gasteiger partial charge in [0.2, 0.25) is 5.91 Å². The zero-order chi connectivity index (χ0) is 17.7. The summed E-state index contributed by atoms with van der Waals surface area (Å²) in [5, 5.41) is 4.95. The molecule has 0 aromatic heterocycles. The number of hydrogen-bond donors (Lipinski definition) is 2. The quantitative estimate of drug-likeness (QED) is 0.884. The van der Waals surface area contributed by atoms with Crippen LogP contribution in [0.5, 0.6) is 0 Å². The third-order valence-corrected chi connectivity index (χ3v) is 3.69. The smallest absolute Gasteiger partial charge is 0.252 e. The predicted octanol–water partition coefficient (Wildman–Crippen LogP) is 2.74. The maximum Gasteiger partial charge on any atom is 0.252 e. The Hall–Kier alpha value is -2.76. The first kappa shape index (κ1) is 17.6. The molecule has 0 spiro atoms. The summed E-state index contributed by atoms with van der Waals surface area (Å²) < 4.78 is 26.5. The Labute approximate surface area is 138 Å². The molecule has 4 nitrogen and oxygen atoms in total. The van der Waals surface area contributed by atoms with Crippen molar-refractivity contribution in [1.82, 2.24) is 10.6 Å². The summed E-state index contributed by atoms with van der Waals surface area (Å²) in [5.41, 5.74) is 1.62. The van der Waals surface area contributed by atoms with E-state index in [2.05, 4.69) is 10.6 Å². The number of halogens is 2. The lowest BCUT2D eigenvalue weighted by molar-refractivity contribution is -0.122. The van der Waals surface area contributed by atoms with Crippen molar-refractivity contribution in [2.75, 3.05) is 7.05 Å². The first-order chi connectivity index (χ1) is 11.5. The summed E-state index contributed by atoms with van der Waals surface area (Å²) in [6, 6.07) is 8.91. The molecule has 0 fully saturated rings. The van der Waals surface area contributed by atoms with Crippen LogP contribution >= 0.6 is 0 Å². The van der Waals surface area contributed by atoms with E-state index in [4.69, 9.17) is 0 Å². The Bertz CT molecular complexity index is 745. The normalized spacial score (nSPS) is 11.7. The van der Waals surface area contributed by atoms with Crippen molar-refractivity contribution in [3.63, 3.8) is 0 Å². The minimum absolute atomic E-state index is 0.159. The van der Waals surface area contributed by atoms with Crippen LogP contribution in [-0.4, -0.2) is 18.9 Å². The topological polar surface area (TPSA) is 58.2 Å². The van der Waals surface area contributed by atoms with Crippen LogP contribution in [0.15, 0.2) is 42.5 Å². The third kappa shape index (κ3) is 3.95. The van der Waals surface area contributed by atoms with Crippen LogP contribution in [0.2, 0.25) is 0 Å². The molecule has 0 saturated heterocycles. The van der Waals surface area contributed by atoms with E-state index in [9.17, 15) is 18.4 Å². The predicted molar refractivity (Wildman–Crippen MR) is 86.5 cm³/mol. The van der Waals surface area contributed by atoms with Gasteiger partial charge in [-0.2, -0.15) is 0 Å². The highest BCUT2D eigenvalue weighted by atomic mass is 19.2. The van der Waals surface area contributed by atoms with E-state index in [1.807, 2.05) is 19.1 Å². The Balaban J connectivity index is 2.26. The molecule has 0 bridgehead atoms. The monoisotopic (exact) mass is 332 g/mol. The van der Waals surface area contributed by atoms with Gasteiger partial charge in [0.25, 0.3) is 5.91 Å². The molecule has 0 heterocycles. The lowest BCUT2D eigenvalue weighted by Crippen LogP contribution is -2.39. The molecule has 24 heavy (non-hydrogen) atoms. The number of hydrogen-bond acceptors (Lipinski definition) is 2. The van der Waals surface area contributed by atoms with Crippen molar-refractivity contribution in [2.24, 2.45) is 0 Å². The van der Waals surface area contributed by atoms with Gasteiger partial charge in [-0.1, -0.05) is 25.1 Å². The summed E-state index contributed by atoms with van der Waals surface area (Å²) in [6.45, 7) is 2.00. The van der Waals surface area contributed by atoms with Crippen molar-refractivity contribution in [3.8, 4) is 0 Å². The Morgan fingerprint density at radius 2 is 1.71 bits per heavy atom. The zero-order valence-corrected chi connectivity index (χ0v) is 13.4. The standard InChI is InChI=1S/C18H18F2N2O2/c1-3-11-4-6-12(7-5-11)17(23)22-16(18(24)21-2)13-8-9-14(19)15(20)10-13/h4-10,16H,3H2,1-2H3,(H,21,24)(H,22,23). The summed E-state index contributed by atoms with van der Waals surface area (Å²) in [5.74, 6) is -3.10. The van der Waals surface area contributed by atoms with Gasteiger partial charge in [-0.3, -0.25) is 9.59 Å². The molecule has 2 rings (SSSR count). The molecule has 126 valence electrons. The average Bonchev–Trinajstić information content (AvgIpc) is 2.61. The molecule has 0 saturated carbocycles. The van der Waals surface area contributed by atoms with E-state index in [-0.39, 0.29) is 5.56 Å². The minimum atomic E-state index is -1.12. The van der Waals surface area contributed by atoms with Gasteiger partial charge >= 0.3 is 0 Å². The maximum absolute atomic E-state index is 13.4. The van der Waals surface area contributed by atoms with Crippen LogP contribution in [0, 0.1) is 11.6 Å². The highest BCUT2D eigenvalue weighted by molar-refractivity contribution is 5.97. The van der Waals surface area contributed by atoms with Gasteiger partial charge in [-0.15, -0.1) is 0 Å². The number of likely N-dealkylation sites (N-methyl/N-ethyl adjacent to an activating group) is 1. The number of rotatable bonds is 5. The van der Waals surface area contributed by atoms with E-state index in [0.29, 0.717) is 5.56 Å². The fourth-order valence-electron chi connectivity index (χ4n) is 2.24. The molecule has 2 aromatic rings. The van der Waals surface area contributed by atoms with E-state index < -0.39 is 29.5 Å². The molecule has 1 unspecified atom stereocenters. The van der Waals surface area contributed by atoms with E-state index in [0.717, 1.165) is 24.1 Å². The number of aryl methyl sites for hydroxylation is 1. The fraction of sp³-hybridized carbons (Fsp3) is 0.222. The first-order valence-electron chi connectivity index (χ1n) is 7.52. The molecule has 0 aliphatic carbocycles. The summed E-state index contributed by atoms with van der Waals surface area (Å²) >= 11 is 0. The van der Waals surface area contributed by atoms with Crippen molar-refractivity contribution in [3.05, 3.63) is 70.8 Å². The Kier molecular flexibility index (Phi) is 5.63. The molecule has 1 atom stereocenters. The summed E-state index contributed by atoms with van der Waals surface area (Å²) in [4.78, 5) is 24.4. The lowest BCUT2D eigenvalue weighted by Gasteiger charge is -2.18. The highest BCUT2D eigenvalue weighted by Gasteiger charge is 2.23. The first-order valence-corrected chi connectivity index (χ1v) is 7.52. The second-order valence-corrected chi connectivity index (χ2v) is 5.24. The van der Waals surface area contributed by atoms with Crippen molar-refractivity contribution >= 4 is 11.8 Å². The molecule has 2 amide bonds. The highest BCUT2D eigenvalue weighted by Crippen LogP contribution is 2.18. The second-order valence-electron chi connectivity index (χ2n) is 5.24. The van der Waals surface area contributed by atoms with Gasteiger partial charge in [-0.05, 0) is 41.8 Å². The van der Waals surface area contributed by atoms with Crippen LogP contribution in [0.1, 0.15) is 34.5 Å². The molecule has 0 aliphatic heterocycles. The number of amides is 2. The van der Waals surface area contributed by atoms with E-state index in [1.54, 1.807) is 12.1 Å². The van der Waals surface area contributed by atoms with Crippen molar-refractivity contribution in [1.29, 1.82) is 0 Å². The molecular formula is C18H18F2N2O2. The Morgan fingerprint density at radius 1 is 1.04 bits per heavy atom. The summed E-state index contributed by atoms with van der Waals surface area (Å²) in [6.07, 6.45) is 0.845. The van der Waals surface area contributed by atoms with Gasteiger partial charge in [0.15, 0.2) is 11.6 Å². The van der Waals surface area contributed by atoms with Gasteiger partial charge in [0.05, 0.1) is 0 Å². The molecule has 6 heteroatoms. The molecule has 0 radical (unpaired) electrons. The third-order valence-electron chi connectivity index (χ3n) is 3.69. The largest absolute Gasteiger partial charge is 0.357 e. The van der Waals surface area contributed by atoms with Crippen LogP contribution in [0.4, 0.5) is 8.78 Å². The average molecular weight is 332 g/mol. The van der Waals surface area contributed by atoms with Crippen LogP contribution in [0.25, 0.3) is 0 Å². The maximum atomic E-state index is 13.4. The lowest BCUT2D eigenvalue weighted by atomic mass is 10.0. The van der Waals surface area contributed by atoms with Crippen molar-refractivity contribution in [2.45, 2.75) is 19.4 Å². The zero-order valence-electron chi connectivity index (χ0n) is 13.4. The molecule has 2 N–H and O–H groups in total. The van der Waals surface area contributed by atoms with E-state index >= 15 is 0 Å². The van der Waals surface area contributed by atoms with Crippen LogP contribution in [0.3, 0.4) is 0 Å². The minimum Gasteiger partial charge on any atom is -0.357 e. The van der Waals surface area contributed by atoms with Gasteiger partial charge in [0, 0.05) is 12.6 Å². The van der Waals surface area contributed by atoms with Crippen molar-refractivity contribution < 1.29 is 18.4 Å². The van der Waals surface area contributed by atoms with E-state index in [1.165, 1.54) is 13.1 Å². The number of nitrogens with one attached hydrogen (secondary N) is 2. The van der Waals surface area contributed by atoms with Gasteiger partial charge < -0.3 is 10.6 Å².